The number of amides is 1. The molecule has 1 aromatic rings. The molecule has 0 radical (unpaired) electrons. The van der Waals surface area contributed by atoms with E-state index in [0.29, 0.717) is 5.02 Å². The Morgan fingerprint density at radius 3 is 2.61 bits per heavy atom. The summed E-state index contributed by atoms with van der Waals surface area (Å²) in [6, 6.07) is 3.11. The van der Waals surface area contributed by atoms with Crippen LogP contribution in [0.3, 0.4) is 0 Å². The van der Waals surface area contributed by atoms with Gasteiger partial charge < -0.3 is 21.3 Å². The molecule has 0 aliphatic carbocycles. The van der Waals surface area contributed by atoms with Crippen LogP contribution >= 0.6 is 11.6 Å². The van der Waals surface area contributed by atoms with Gasteiger partial charge in [0, 0.05) is 18.6 Å². The van der Waals surface area contributed by atoms with Gasteiger partial charge in [0.15, 0.2) is 0 Å². The lowest BCUT2D eigenvalue weighted by atomic mass is 10.1. The first-order valence-electron chi connectivity index (χ1n) is 5.15. The van der Waals surface area contributed by atoms with Gasteiger partial charge in [-0.05, 0) is 18.2 Å². The van der Waals surface area contributed by atoms with Gasteiger partial charge in [-0.25, -0.2) is 4.79 Å². The fourth-order valence-electron chi connectivity index (χ4n) is 1.31. The molecule has 0 aromatic heterocycles. The summed E-state index contributed by atoms with van der Waals surface area (Å²) in [6.07, 6.45) is -0.0653. The molecule has 1 atom stereocenters. The number of carbonyl (C=O) groups is 2. The normalized spacial score (nSPS) is 11.9. The summed E-state index contributed by atoms with van der Waals surface area (Å²) in [7, 11) is 0. The highest BCUT2D eigenvalue weighted by Gasteiger charge is 2.20. The number of hydrogen-bond acceptors (Lipinski definition) is 4. The number of hydrogen-bond donors (Lipinski definition) is 4. The van der Waals surface area contributed by atoms with E-state index in [1.54, 1.807) is 0 Å². The quantitative estimate of drug-likeness (QED) is 0.583. The van der Waals surface area contributed by atoms with Gasteiger partial charge in [-0.1, -0.05) is 11.6 Å². The molecule has 0 aliphatic heterocycles. The highest BCUT2D eigenvalue weighted by atomic mass is 35.5. The molecule has 0 saturated carbocycles. The number of aliphatic hydroxyl groups is 1. The van der Waals surface area contributed by atoms with Crippen molar-refractivity contribution in [2.45, 2.75) is 12.5 Å². The number of benzene rings is 1. The number of carboxylic acid groups (broad SMARTS) is 1. The van der Waals surface area contributed by atoms with Crippen LogP contribution in [0.25, 0.3) is 0 Å². The van der Waals surface area contributed by atoms with Crippen LogP contribution in [0.1, 0.15) is 16.8 Å². The molecule has 18 heavy (non-hydrogen) atoms. The van der Waals surface area contributed by atoms with Crippen molar-refractivity contribution in [3.63, 3.8) is 0 Å². The van der Waals surface area contributed by atoms with E-state index >= 15 is 0 Å². The fourth-order valence-corrected chi connectivity index (χ4v) is 1.43. The number of nitrogen functional groups attached to an aromatic ring is 1. The maximum Gasteiger partial charge on any atom is 0.326 e. The lowest BCUT2D eigenvalue weighted by molar-refractivity contribution is -0.139. The summed E-state index contributed by atoms with van der Waals surface area (Å²) >= 11 is 5.71. The fraction of sp³-hybridized carbons (Fsp3) is 0.273. The number of aliphatic carboxylic acids is 1. The second-order valence-electron chi connectivity index (χ2n) is 3.61. The van der Waals surface area contributed by atoms with E-state index in [0.717, 1.165) is 0 Å². The molecular weight excluding hydrogens is 260 g/mol. The molecule has 0 fully saturated rings. The van der Waals surface area contributed by atoms with Crippen molar-refractivity contribution < 1.29 is 19.8 Å². The number of nitrogens with two attached hydrogens (primary N) is 1. The monoisotopic (exact) mass is 272 g/mol. The van der Waals surface area contributed by atoms with Crippen LogP contribution in [0.4, 0.5) is 5.69 Å². The minimum Gasteiger partial charge on any atom is -0.480 e. The molecule has 0 saturated heterocycles. The van der Waals surface area contributed by atoms with E-state index < -0.39 is 17.9 Å². The Hall–Kier alpha value is -1.79. The smallest absolute Gasteiger partial charge is 0.326 e. The minimum absolute atomic E-state index is 0.0653. The molecule has 98 valence electrons. The average Bonchev–Trinajstić information content (AvgIpc) is 2.31. The van der Waals surface area contributed by atoms with Gasteiger partial charge in [-0.3, -0.25) is 4.79 Å². The topological polar surface area (TPSA) is 113 Å². The van der Waals surface area contributed by atoms with Crippen LogP contribution in [-0.2, 0) is 4.79 Å². The van der Waals surface area contributed by atoms with Gasteiger partial charge in [-0.2, -0.15) is 0 Å². The standard InChI is InChI=1S/C11H13ClN2O4/c12-7-2-1-6(5-8(7)13)10(16)14-9(3-4-15)11(17)18/h1-2,5,9,15H,3-4,13H2,(H,14,16)(H,17,18). The molecular formula is C11H13ClN2O4. The second-order valence-corrected chi connectivity index (χ2v) is 4.02. The van der Waals surface area contributed by atoms with Crippen molar-refractivity contribution in [3.05, 3.63) is 28.8 Å². The number of halogens is 1. The number of carboxylic acids is 1. The Morgan fingerprint density at radius 1 is 1.44 bits per heavy atom. The zero-order valence-corrected chi connectivity index (χ0v) is 10.1. The molecule has 1 amide bonds. The van der Waals surface area contributed by atoms with E-state index in [4.69, 9.17) is 27.5 Å². The van der Waals surface area contributed by atoms with E-state index in [9.17, 15) is 9.59 Å². The third kappa shape index (κ3) is 3.61. The Balaban J connectivity index is 2.80. The zero-order chi connectivity index (χ0) is 13.7. The lowest BCUT2D eigenvalue weighted by Gasteiger charge is -2.13. The van der Waals surface area contributed by atoms with Gasteiger partial charge >= 0.3 is 5.97 Å². The highest BCUT2D eigenvalue weighted by Crippen LogP contribution is 2.19. The predicted molar refractivity (Wildman–Crippen MR) is 66.5 cm³/mol. The van der Waals surface area contributed by atoms with Crippen molar-refractivity contribution in [1.82, 2.24) is 5.32 Å². The largest absolute Gasteiger partial charge is 0.480 e. The molecule has 0 heterocycles. The Labute approximate surface area is 108 Å². The van der Waals surface area contributed by atoms with E-state index in [-0.39, 0.29) is 24.3 Å². The van der Waals surface area contributed by atoms with Crippen LogP contribution in [-0.4, -0.2) is 34.7 Å². The number of anilines is 1. The van der Waals surface area contributed by atoms with Gasteiger partial charge in [0.2, 0.25) is 0 Å². The van der Waals surface area contributed by atoms with E-state index in [1.165, 1.54) is 18.2 Å². The van der Waals surface area contributed by atoms with Crippen molar-refractivity contribution in [1.29, 1.82) is 0 Å². The van der Waals surface area contributed by atoms with Crippen molar-refractivity contribution in [2.75, 3.05) is 12.3 Å². The number of rotatable bonds is 5. The third-order valence-corrected chi connectivity index (χ3v) is 2.62. The Bertz CT molecular complexity index is 464. The maximum atomic E-state index is 11.7. The zero-order valence-electron chi connectivity index (χ0n) is 9.39. The molecule has 0 spiro atoms. The summed E-state index contributed by atoms with van der Waals surface area (Å²) in [5.74, 6) is -1.79. The summed E-state index contributed by atoms with van der Waals surface area (Å²) in [5, 5.41) is 20.1. The number of carbonyl (C=O) groups excluding carboxylic acids is 1. The van der Waals surface area contributed by atoms with Crippen LogP contribution in [0.2, 0.25) is 5.02 Å². The van der Waals surface area contributed by atoms with Gasteiger partial charge in [0.25, 0.3) is 5.91 Å². The summed E-state index contributed by atoms with van der Waals surface area (Å²) in [6.45, 7) is -0.333. The molecule has 0 bridgehead atoms. The SMILES string of the molecule is Nc1cc(C(=O)NC(CCO)C(=O)O)ccc1Cl. The van der Waals surface area contributed by atoms with Gasteiger partial charge in [0.1, 0.15) is 6.04 Å². The Morgan fingerprint density at radius 2 is 2.11 bits per heavy atom. The van der Waals surface area contributed by atoms with Crippen molar-refractivity contribution in [2.24, 2.45) is 0 Å². The second kappa shape index (κ2) is 6.23. The Kier molecular flexibility index (Phi) is 4.94. The predicted octanol–water partition coefficient (Wildman–Crippen LogP) is 0.488. The first kappa shape index (κ1) is 14.3. The first-order valence-corrected chi connectivity index (χ1v) is 5.53. The summed E-state index contributed by atoms with van der Waals surface area (Å²) in [4.78, 5) is 22.5. The van der Waals surface area contributed by atoms with Crippen LogP contribution in [0.5, 0.6) is 0 Å². The van der Waals surface area contributed by atoms with E-state index in [2.05, 4.69) is 5.32 Å². The molecule has 1 rings (SSSR count). The van der Waals surface area contributed by atoms with Crippen LogP contribution < -0.4 is 11.1 Å². The van der Waals surface area contributed by atoms with E-state index in [1.807, 2.05) is 0 Å². The average molecular weight is 273 g/mol. The molecule has 5 N–H and O–H groups in total. The molecule has 1 unspecified atom stereocenters. The molecule has 0 aliphatic rings. The van der Waals surface area contributed by atoms with Gasteiger partial charge in [0.05, 0.1) is 10.7 Å². The number of nitrogens with one attached hydrogen (secondary N) is 1. The molecule has 1 aromatic carbocycles. The molecule has 6 nitrogen and oxygen atoms in total. The van der Waals surface area contributed by atoms with Crippen LogP contribution in [0.15, 0.2) is 18.2 Å². The number of aliphatic hydroxyl groups excluding tert-OH is 1. The maximum absolute atomic E-state index is 11.7. The highest BCUT2D eigenvalue weighted by molar-refractivity contribution is 6.33. The van der Waals surface area contributed by atoms with Crippen molar-refractivity contribution in [3.8, 4) is 0 Å². The third-order valence-electron chi connectivity index (χ3n) is 2.28. The molecule has 7 heteroatoms. The first-order chi connectivity index (χ1) is 8.45. The van der Waals surface area contributed by atoms with Gasteiger partial charge in [-0.15, -0.1) is 0 Å². The van der Waals surface area contributed by atoms with Crippen molar-refractivity contribution >= 4 is 29.2 Å². The lowest BCUT2D eigenvalue weighted by Crippen LogP contribution is -2.41. The van der Waals surface area contributed by atoms with Crippen LogP contribution in [0, 0.1) is 0 Å². The summed E-state index contributed by atoms with van der Waals surface area (Å²) < 4.78 is 0. The minimum atomic E-state index is -1.21. The summed E-state index contributed by atoms with van der Waals surface area (Å²) in [5.41, 5.74) is 5.98.